The SMILES string of the molecule is O=C1CCCC1=C(c1cccs1)c1cccs1. The van der Waals surface area contributed by atoms with E-state index in [-0.39, 0.29) is 0 Å². The number of hydrogen-bond acceptors (Lipinski definition) is 3. The molecular weight excluding hydrogens is 248 g/mol. The van der Waals surface area contributed by atoms with Crippen molar-refractivity contribution in [3.63, 3.8) is 0 Å². The predicted molar refractivity (Wildman–Crippen MR) is 73.5 cm³/mol. The van der Waals surface area contributed by atoms with Crippen LogP contribution in [0.25, 0.3) is 5.57 Å². The highest BCUT2D eigenvalue weighted by Gasteiger charge is 2.23. The third-order valence-corrected chi connectivity index (χ3v) is 4.78. The van der Waals surface area contributed by atoms with Crippen molar-refractivity contribution >= 4 is 34.0 Å². The highest BCUT2D eigenvalue weighted by Crippen LogP contribution is 2.37. The van der Waals surface area contributed by atoms with Crippen molar-refractivity contribution in [1.82, 2.24) is 0 Å². The van der Waals surface area contributed by atoms with Gasteiger partial charge in [0.1, 0.15) is 0 Å². The van der Waals surface area contributed by atoms with Crippen LogP contribution in [0, 0.1) is 0 Å². The Balaban J connectivity index is 2.19. The van der Waals surface area contributed by atoms with Gasteiger partial charge < -0.3 is 0 Å². The Morgan fingerprint density at radius 2 is 1.65 bits per heavy atom. The highest BCUT2D eigenvalue weighted by molar-refractivity contribution is 7.13. The topological polar surface area (TPSA) is 17.1 Å². The second-order valence-corrected chi connectivity index (χ2v) is 5.98. The molecule has 17 heavy (non-hydrogen) atoms. The zero-order valence-corrected chi connectivity index (χ0v) is 10.9. The lowest BCUT2D eigenvalue weighted by Gasteiger charge is -2.06. The van der Waals surface area contributed by atoms with E-state index in [9.17, 15) is 4.79 Å². The number of rotatable bonds is 2. The normalized spacial score (nSPS) is 15.5. The van der Waals surface area contributed by atoms with Gasteiger partial charge in [0.05, 0.1) is 0 Å². The quantitative estimate of drug-likeness (QED) is 0.733. The molecule has 2 heterocycles. The largest absolute Gasteiger partial charge is 0.295 e. The van der Waals surface area contributed by atoms with Crippen molar-refractivity contribution in [1.29, 1.82) is 0 Å². The Morgan fingerprint density at radius 1 is 1.00 bits per heavy atom. The number of carbonyl (C=O) groups is 1. The van der Waals surface area contributed by atoms with Gasteiger partial charge in [-0.15, -0.1) is 22.7 Å². The molecule has 0 N–H and O–H groups in total. The maximum atomic E-state index is 12.0. The number of Topliss-reactive ketones (excluding diaryl/α,β-unsaturated/α-hetero) is 1. The van der Waals surface area contributed by atoms with Crippen molar-refractivity contribution < 1.29 is 4.79 Å². The molecule has 0 aromatic carbocycles. The van der Waals surface area contributed by atoms with E-state index in [1.165, 1.54) is 15.3 Å². The number of carbonyl (C=O) groups excluding carboxylic acids is 1. The van der Waals surface area contributed by atoms with Crippen LogP contribution in [0.3, 0.4) is 0 Å². The number of allylic oxidation sites excluding steroid dienone is 1. The molecule has 1 fully saturated rings. The summed E-state index contributed by atoms with van der Waals surface area (Å²) in [4.78, 5) is 14.4. The first-order valence-corrected chi connectivity index (χ1v) is 7.46. The summed E-state index contributed by atoms with van der Waals surface area (Å²) < 4.78 is 0. The zero-order chi connectivity index (χ0) is 11.7. The van der Waals surface area contributed by atoms with Crippen molar-refractivity contribution in [2.75, 3.05) is 0 Å². The summed E-state index contributed by atoms with van der Waals surface area (Å²) in [6.45, 7) is 0. The third-order valence-electron chi connectivity index (χ3n) is 3.00. The number of thiophene rings is 2. The van der Waals surface area contributed by atoms with Crippen LogP contribution in [-0.4, -0.2) is 5.78 Å². The summed E-state index contributed by atoms with van der Waals surface area (Å²) in [5, 5.41) is 4.14. The molecule has 2 aromatic rings. The first-order valence-electron chi connectivity index (χ1n) is 5.70. The van der Waals surface area contributed by atoms with Crippen LogP contribution in [-0.2, 0) is 4.79 Å². The lowest BCUT2D eigenvalue weighted by Crippen LogP contribution is -1.96. The van der Waals surface area contributed by atoms with Crippen molar-refractivity contribution in [3.05, 3.63) is 50.4 Å². The van der Waals surface area contributed by atoms with E-state index in [1.54, 1.807) is 22.7 Å². The maximum Gasteiger partial charge on any atom is 0.159 e. The number of hydrogen-bond donors (Lipinski definition) is 0. The van der Waals surface area contributed by atoms with E-state index in [0.717, 1.165) is 24.8 Å². The zero-order valence-electron chi connectivity index (χ0n) is 9.31. The first-order chi connectivity index (χ1) is 8.36. The Labute approximate surface area is 108 Å². The minimum Gasteiger partial charge on any atom is -0.295 e. The standard InChI is InChI=1S/C14H12OS2/c15-11-5-1-4-10(11)14(12-6-2-8-16-12)13-7-3-9-17-13/h2-3,6-9H,1,4-5H2. The third kappa shape index (κ3) is 2.01. The molecule has 86 valence electrons. The molecule has 0 radical (unpaired) electrons. The molecule has 3 heteroatoms. The fraction of sp³-hybridized carbons (Fsp3) is 0.214. The molecule has 1 saturated carbocycles. The molecule has 0 bridgehead atoms. The van der Waals surface area contributed by atoms with E-state index in [4.69, 9.17) is 0 Å². The minimum atomic E-state index is 0.335. The van der Waals surface area contributed by atoms with Gasteiger partial charge >= 0.3 is 0 Å². The fourth-order valence-corrected chi connectivity index (χ4v) is 3.93. The van der Waals surface area contributed by atoms with E-state index < -0.39 is 0 Å². The monoisotopic (exact) mass is 260 g/mol. The van der Waals surface area contributed by atoms with Gasteiger partial charge in [-0.2, -0.15) is 0 Å². The second kappa shape index (κ2) is 4.59. The smallest absolute Gasteiger partial charge is 0.159 e. The summed E-state index contributed by atoms with van der Waals surface area (Å²) in [6.07, 6.45) is 2.66. The lowest BCUT2D eigenvalue weighted by molar-refractivity contribution is -0.114. The first kappa shape index (κ1) is 10.9. The summed E-state index contributed by atoms with van der Waals surface area (Å²) in [6, 6.07) is 8.32. The van der Waals surface area contributed by atoms with Gasteiger partial charge in [0.25, 0.3) is 0 Å². The highest BCUT2D eigenvalue weighted by atomic mass is 32.1. The van der Waals surface area contributed by atoms with Gasteiger partial charge in [-0.05, 0) is 35.7 Å². The van der Waals surface area contributed by atoms with Crippen LogP contribution < -0.4 is 0 Å². The predicted octanol–water partition coefficient (Wildman–Crippen LogP) is 4.36. The molecule has 0 spiro atoms. The Hall–Kier alpha value is -1.19. The molecular formula is C14H12OS2. The van der Waals surface area contributed by atoms with E-state index in [2.05, 4.69) is 22.9 Å². The van der Waals surface area contributed by atoms with Crippen LogP contribution in [0.2, 0.25) is 0 Å². The maximum absolute atomic E-state index is 12.0. The molecule has 1 aliphatic carbocycles. The van der Waals surface area contributed by atoms with Gasteiger partial charge in [0.2, 0.25) is 0 Å². The van der Waals surface area contributed by atoms with Crippen LogP contribution in [0.15, 0.2) is 40.6 Å². The van der Waals surface area contributed by atoms with Gasteiger partial charge in [0.15, 0.2) is 5.78 Å². The van der Waals surface area contributed by atoms with Gasteiger partial charge in [-0.1, -0.05) is 12.1 Å². The molecule has 0 aliphatic heterocycles. The Morgan fingerprint density at radius 3 is 2.06 bits per heavy atom. The van der Waals surface area contributed by atoms with Gasteiger partial charge in [-0.25, -0.2) is 0 Å². The average molecular weight is 260 g/mol. The molecule has 0 saturated heterocycles. The van der Waals surface area contributed by atoms with E-state index in [0.29, 0.717) is 5.78 Å². The van der Waals surface area contributed by atoms with Crippen LogP contribution in [0.4, 0.5) is 0 Å². The molecule has 1 aliphatic rings. The van der Waals surface area contributed by atoms with Crippen molar-refractivity contribution in [2.45, 2.75) is 19.3 Å². The van der Waals surface area contributed by atoms with Crippen molar-refractivity contribution in [2.24, 2.45) is 0 Å². The van der Waals surface area contributed by atoms with Crippen LogP contribution >= 0.6 is 22.7 Å². The fourth-order valence-electron chi connectivity index (χ4n) is 2.24. The average Bonchev–Trinajstić information content (AvgIpc) is 3.04. The minimum absolute atomic E-state index is 0.335. The van der Waals surface area contributed by atoms with Crippen LogP contribution in [0.1, 0.15) is 29.0 Å². The summed E-state index contributed by atoms with van der Waals surface area (Å²) >= 11 is 3.43. The number of ketones is 1. The molecule has 0 atom stereocenters. The molecule has 3 rings (SSSR count). The molecule has 0 amide bonds. The van der Waals surface area contributed by atoms with Gasteiger partial charge in [0, 0.05) is 27.3 Å². The van der Waals surface area contributed by atoms with Crippen molar-refractivity contribution in [3.8, 4) is 0 Å². The van der Waals surface area contributed by atoms with E-state index in [1.807, 2.05) is 12.1 Å². The van der Waals surface area contributed by atoms with Crippen LogP contribution in [0.5, 0.6) is 0 Å². The summed E-state index contributed by atoms with van der Waals surface area (Å²) in [7, 11) is 0. The molecule has 1 nitrogen and oxygen atoms in total. The lowest BCUT2D eigenvalue weighted by atomic mass is 10.0. The van der Waals surface area contributed by atoms with Gasteiger partial charge in [-0.3, -0.25) is 4.79 Å². The summed E-state index contributed by atoms with van der Waals surface area (Å²) in [5.41, 5.74) is 2.22. The second-order valence-electron chi connectivity index (χ2n) is 4.08. The Bertz CT molecular complexity index is 511. The Kier molecular flexibility index (Phi) is 2.95. The van der Waals surface area contributed by atoms with E-state index >= 15 is 0 Å². The molecule has 2 aromatic heterocycles. The summed E-state index contributed by atoms with van der Waals surface area (Å²) in [5.74, 6) is 0.335. The molecule has 0 unspecified atom stereocenters.